The van der Waals surface area contributed by atoms with Crippen LogP contribution in [0, 0.1) is 0 Å². The number of hydrogen-bond donors (Lipinski definition) is 3. The van der Waals surface area contributed by atoms with Gasteiger partial charge in [0.2, 0.25) is 10.0 Å². The van der Waals surface area contributed by atoms with Gasteiger partial charge < -0.3 is 15.5 Å². The highest BCUT2D eigenvalue weighted by molar-refractivity contribution is 7.92. The predicted molar refractivity (Wildman–Crippen MR) is 152 cm³/mol. The van der Waals surface area contributed by atoms with Crippen molar-refractivity contribution in [3.05, 3.63) is 54.1 Å². The molecule has 1 atom stereocenters. The smallest absolute Gasteiger partial charge is 0.323 e. The number of Topliss-reactive ketones (excluding diaryl/α,β-unsaturated/α-hetero) is 1. The number of likely N-dealkylation sites (N-methyl/N-ethyl adjacent to an activating group) is 1. The maximum Gasteiger partial charge on any atom is 0.323 e. The van der Waals surface area contributed by atoms with Crippen LogP contribution in [-0.2, 0) is 14.8 Å². The molecule has 0 aliphatic heterocycles. The SMILES string of the molecule is CCCCNC(=O)N(c1ccc(N(CC)CC)cc1)C(C(=O)NCC)C(=O)c1ccc(NS(C)(=O)=O)cc1. The summed E-state index contributed by atoms with van der Waals surface area (Å²) in [5.74, 6) is -1.21. The lowest BCUT2D eigenvalue weighted by Crippen LogP contribution is -2.57. The van der Waals surface area contributed by atoms with Gasteiger partial charge in [-0.2, -0.15) is 0 Å². The van der Waals surface area contributed by atoms with Crippen molar-refractivity contribution in [2.24, 2.45) is 0 Å². The van der Waals surface area contributed by atoms with Gasteiger partial charge in [-0.1, -0.05) is 13.3 Å². The van der Waals surface area contributed by atoms with Crippen molar-refractivity contribution in [3.63, 3.8) is 0 Å². The number of carbonyl (C=O) groups is 3. The van der Waals surface area contributed by atoms with Gasteiger partial charge in [-0.15, -0.1) is 0 Å². The molecule has 0 heterocycles. The van der Waals surface area contributed by atoms with Crippen molar-refractivity contribution in [1.82, 2.24) is 10.6 Å². The van der Waals surface area contributed by atoms with Gasteiger partial charge >= 0.3 is 6.03 Å². The molecule has 0 saturated heterocycles. The number of carbonyl (C=O) groups excluding carboxylic acids is 3. The largest absolute Gasteiger partial charge is 0.372 e. The average Bonchev–Trinajstić information content (AvgIpc) is 2.88. The molecule has 0 spiro atoms. The van der Waals surface area contributed by atoms with Crippen LogP contribution < -0.4 is 25.2 Å². The lowest BCUT2D eigenvalue weighted by Gasteiger charge is -2.31. The van der Waals surface area contributed by atoms with Crippen LogP contribution in [-0.4, -0.2) is 64.6 Å². The lowest BCUT2D eigenvalue weighted by atomic mass is 10.0. The molecule has 2 rings (SSSR count). The Balaban J connectivity index is 2.54. The third-order valence-electron chi connectivity index (χ3n) is 5.86. The summed E-state index contributed by atoms with van der Waals surface area (Å²) < 4.78 is 25.4. The molecule has 0 aliphatic carbocycles. The third kappa shape index (κ3) is 8.47. The molecule has 0 saturated carbocycles. The van der Waals surface area contributed by atoms with Crippen LogP contribution >= 0.6 is 0 Å². The number of nitrogens with one attached hydrogen (secondary N) is 3. The summed E-state index contributed by atoms with van der Waals surface area (Å²) >= 11 is 0. The van der Waals surface area contributed by atoms with E-state index in [1.54, 1.807) is 19.1 Å². The van der Waals surface area contributed by atoms with E-state index in [-0.39, 0.29) is 17.8 Å². The number of benzene rings is 2. The first-order valence-corrected chi connectivity index (χ1v) is 14.8. The van der Waals surface area contributed by atoms with Gasteiger partial charge in [0.05, 0.1) is 6.26 Å². The second-order valence-electron chi connectivity index (χ2n) is 8.76. The molecule has 0 radical (unpaired) electrons. The zero-order valence-corrected chi connectivity index (χ0v) is 23.6. The first-order valence-electron chi connectivity index (χ1n) is 12.9. The maximum atomic E-state index is 13.7. The normalized spacial score (nSPS) is 11.8. The van der Waals surface area contributed by atoms with E-state index in [9.17, 15) is 22.8 Å². The van der Waals surface area contributed by atoms with E-state index in [1.807, 2.05) is 32.9 Å². The fraction of sp³-hybridized carbons (Fsp3) is 0.444. The summed E-state index contributed by atoms with van der Waals surface area (Å²) in [4.78, 5) is 43.8. The summed E-state index contributed by atoms with van der Waals surface area (Å²) in [7, 11) is -3.50. The monoisotopic (exact) mass is 545 g/mol. The minimum absolute atomic E-state index is 0.159. The van der Waals surface area contributed by atoms with E-state index in [0.717, 1.165) is 37.9 Å². The Bertz CT molecular complexity index is 1180. The Morgan fingerprint density at radius 2 is 1.42 bits per heavy atom. The first kappa shape index (κ1) is 30.6. The molecular weight excluding hydrogens is 506 g/mol. The molecule has 38 heavy (non-hydrogen) atoms. The Kier molecular flexibility index (Phi) is 11.6. The Morgan fingerprint density at radius 3 is 1.92 bits per heavy atom. The Morgan fingerprint density at radius 1 is 0.842 bits per heavy atom. The molecule has 208 valence electrons. The van der Waals surface area contributed by atoms with E-state index >= 15 is 0 Å². The molecular formula is C27H39N5O5S. The second kappa shape index (κ2) is 14.4. The van der Waals surface area contributed by atoms with Gasteiger partial charge in [0.1, 0.15) is 0 Å². The first-order chi connectivity index (χ1) is 18.1. The van der Waals surface area contributed by atoms with E-state index < -0.39 is 33.8 Å². The van der Waals surface area contributed by atoms with E-state index in [2.05, 4.69) is 20.3 Å². The van der Waals surface area contributed by atoms with Crippen LogP contribution in [0.5, 0.6) is 0 Å². The third-order valence-corrected chi connectivity index (χ3v) is 6.47. The van der Waals surface area contributed by atoms with Crippen LogP contribution in [0.1, 0.15) is 50.9 Å². The van der Waals surface area contributed by atoms with Crippen molar-refractivity contribution in [3.8, 4) is 0 Å². The van der Waals surface area contributed by atoms with Crippen molar-refractivity contribution < 1.29 is 22.8 Å². The van der Waals surface area contributed by atoms with Crippen molar-refractivity contribution in [2.75, 3.05) is 47.0 Å². The van der Waals surface area contributed by atoms with E-state index in [0.29, 0.717) is 12.2 Å². The van der Waals surface area contributed by atoms with Crippen LogP contribution in [0.4, 0.5) is 21.9 Å². The predicted octanol–water partition coefficient (Wildman–Crippen LogP) is 3.61. The van der Waals surface area contributed by atoms with Crippen molar-refractivity contribution in [1.29, 1.82) is 0 Å². The number of rotatable bonds is 14. The Hall–Kier alpha value is -3.60. The molecule has 2 aromatic carbocycles. The molecule has 11 heteroatoms. The molecule has 0 fully saturated rings. The summed E-state index contributed by atoms with van der Waals surface area (Å²) in [5, 5.41) is 5.51. The maximum absolute atomic E-state index is 13.7. The number of anilines is 3. The zero-order valence-electron chi connectivity index (χ0n) is 22.8. The van der Waals surface area contributed by atoms with Crippen LogP contribution in [0.15, 0.2) is 48.5 Å². The quantitative estimate of drug-likeness (QED) is 0.189. The summed E-state index contributed by atoms with van der Waals surface area (Å²) in [6.07, 6.45) is 2.64. The highest BCUT2D eigenvalue weighted by Gasteiger charge is 2.37. The van der Waals surface area contributed by atoms with Crippen molar-refractivity contribution >= 4 is 44.8 Å². The number of nitrogens with zero attached hydrogens (tertiary/aromatic N) is 2. The summed E-state index contributed by atoms with van der Waals surface area (Å²) in [6, 6.07) is 10.9. The standard InChI is InChI=1S/C27H39N5O5S/c1-6-10-19-29-27(35)32(23-17-15-22(16-18-23)31(8-3)9-4)24(26(34)28-7-2)25(33)20-11-13-21(14-12-20)30-38(5,36)37/h11-18,24,30H,6-10,19H2,1-5H3,(H,28,34)(H,29,35). The van der Waals surface area contributed by atoms with Crippen LogP contribution in [0.25, 0.3) is 0 Å². The number of hydrogen-bond acceptors (Lipinski definition) is 6. The molecule has 3 amide bonds. The summed E-state index contributed by atoms with van der Waals surface area (Å²) in [5.41, 5.74) is 1.79. The number of ketones is 1. The molecule has 2 aromatic rings. The summed E-state index contributed by atoms with van der Waals surface area (Å²) in [6.45, 7) is 10.1. The van der Waals surface area contributed by atoms with Gasteiger partial charge in [0, 0.05) is 48.8 Å². The minimum atomic E-state index is -3.50. The Labute approximate surface area is 225 Å². The van der Waals surface area contributed by atoms with Gasteiger partial charge in [0.25, 0.3) is 5.91 Å². The van der Waals surface area contributed by atoms with Crippen LogP contribution in [0.2, 0.25) is 0 Å². The molecule has 0 bridgehead atoms. The molecule has 0 aromatic heterocycles. The number of amides is 3. The van der Waals surface area contributed by atoms with E-state index in [4.69, 9.17) is 0 Å². The molecule has 0 aliphatic rings. The number of unbranched alkanes of at least 4 members (excludes halogenated alkanes) is 1. The zero-order chi connectivity index (χ0) is 28.3. The van der Waals surface area contributed by atoms with Gasteiger partial charge in [-0.3, -0.25) is 19.2 Å². The average molecular weight is 546 g/mol. The fourth-order valence-corrected chi connectivity index (χ4v) is 4.52. The topological polar surface area (TPSA) is 128 Å². The number of sulfonamides is 1. The second-order valence-corrected chi connectivity index (χ2v) is 10.5. The molecule has 10 nitrogen and oxygen atoms in total. The highest BCUT2D eigenvalue weighted by Crippen LogP contribution is 2.25. The molecule has 1 unspecified atom stereocenters. The van der Waals surface area contributed by atoms with Gasteiger partial charge in [-0.05, 0) is 75.7 Å². The fourth-order valence-electron chi connectivity index (χ4n) is 3.95. The van der Waals surface area contributed by atoms with Crippen LogP contribution in [0.3, 0.4) is 0 Å². The lowest BCUT2D eigenvalue weighted by molar-refractivity contribution is -0.121. The number of urea groups is 1. The highest BCUT2D eigenvalue weighted by atomic mass is 32.2. The van der Waals surface area contributed by atoms with Gasteiger partial charge in [0.15, 0.2) is 11.8 Å². The molecule has 3 N–H and O–H groups in total. The van der Waals surface area contributed by atoms with E-state index in [1.165, 1.54) is 29.2 Å². The van der Waals surface area contributed by atoms with Crippen molar-refractivity contribution in [2.45, 2.75) is 46.6 Å². The van der Waals surface area contributed by atoms with Gasteiger partial charge in [-0.25, -0.2) is 13.2 Å². The minimum Gasteiger partial charge on any atom is -0.372 e.